The minimum Gasteiger partial charge on any atom is -0.478 e. The SMILES string of the molecule is Cn1cnc2c(Sc3cc(C(=O)O)ccn3)nccc21. The third-order valence-electron chi connectivity index (χ3n) is 2.79. The lowest BCUT2D eigenvalue weighted by atomic mass is 10.3. The molecule has 0 unspecified atom stereocenters. The number of carbonyl (C=O) groups is 1. The summed E-state index contributed by atoms with van der Waals surface area (Å²) >= 11 is 1.30. The Bertz CT molecular complexity index is 800. The molecule has 0 amide bonds. The molecule has 6 nitrogen and oxygen atoms in total. The largest absolute Gasteiger partial charge is 0.478 e. The lowest BCUT2D eigenvalue weighted by Crippen LogP contribution is -1.96. The second-order valence-electron chi connectivity index (χ2n) is 4.13. The van der Waals surface area contributed by atoms with E-state index in [2.05, 4.69) is 15.0 Å². The molecule has 0 aliphatic rings. The first-order valence-electron chi connectivity index (χ1n) is 5.78. The Kier molecular flexibility index (Phi) is 3.11. The molecular weight excluding hydrogens is 276 g/mol. The van der Waals surface area contributed by atoms with Crippen LogP contribution in [-0.4, -0.2) is 30.6 Å². The lowest BCUT2D eigenvalue weighted by molar-refractivity contribution is 0.0696. The van der Waals surface area contributed by atoms with E-state index >= 15 is 0 Å². The third kappa shape index (κ3) is 2.23. The zero-order valence-electron chi connectivity index (χ0n) is 10.5. The molecule has 0 atom stereocenters. The Balaban J connectivity index is 2.01. The molecule has 0 fully saturated rings. The number of hydrogen-bond acceptors (Lipinski definition) is 5. The van der Waals surface area contributed by atoms with Gasteiger partial charge in [0.1, 0.15) is 15.6 Å². The number of carboxylic acid groups (broad SMARTS) is 1. The fraction of sp³-hybridized carbons (Fsp3) is 0.0769. The maximum absolute atomic E-state index is 11.0. The average Bonchev–Trinajstić information content (AvgIpc) is 2.82. The van der Waals surface area contributed by atoms with Crippen molar-refractivity contribution in [1.82, 2.24) is 19.5 Å². The summed E-state index contributed by atoms with van der Waals surface area (Å²) in [7, 11) is 1.91. The Morgan fingerprint density at radius 3 is 2.85 bits per heavy atom. The van der Waals surface area contributed by atoms with E-state index < -0.39 is 5.97 Å². The van der Waals surface area contributed by atoms with Gasteiger partial charge in [0, 0.05) is 19.4 Å². The highest BCUT2D eigenvalue weighted by Gasteiger charge is 2.11. The van der Waals surface area contributed by atoms with Crippen LogP contribution in [0.4, 0.5) is 0 Å². The molecule has 0 saturated heterocycles. The van der Waals surface area contributed by atoms with Crippen LogP contribution in [0.2, 0.25) is 0 Å². The summed E-state index contributed by atoms with van der Waals surface area (Å²) in [5.74, 6) is -0.974. The van der Waals surface area contributed by atoms with Gasteiger partial charge in [-0.1, -0.05) is 0 Å². The summed E-state index contributed by atoms with van der Waals surface area (Å²) in [6.07, 6.45) is 4.90. The number of fused-ring (bicyclic) bond motifs is 1. The van der Waals surface area contributed by atoms with Gasteiger partial charge in [-0.2, -0.15) is 0 Å². The standard InChI is InChI=1S/C13H10N4O2S/c1-17-7-16-11-9(17)3-5-15-12(11)20-10-6-8(13(18)19)2-4-14-10/h2-7H,1H3,(H,18,19). The molecule has 7 heteroatoms. The van der Waals surface area contributed by atoms with Gasteiger partial charge in [0.15, 0.2) is 0 Å². The van der Waals surface area contributed by atoms with Crippen molar-refractivity contribution in [2.45, 2.75) is 10.1 Å². The van der Waals surface area contributed by atoms with Gasteiger partial charge in [-0.25, -0.2) is 19.7 Å². The molecule has 0 aliphatic heterocycles. The summed E-state index contributed by atoms with van der Waals surface area (Å²) in [5, 5.41) is 10.3. The van der Waals surface area contributed by atoms with Crippen LogP contribution in [0.15, 0.2) is 47.0 Å². The third-order valence-corrected chi connectivity index (χ3v) is 3.72. The van der Waals surface area contributed by atoms with Crippen LogP contribution in [0.5, 0.6) is 0 Å². The zero-order chi connectivity index (χ0) is 14.1. The van der Waals surface area contributed by atoms with Crippen LogP contribution in [0, 0.1) is 0 Å². The van der Waals surface area contributed by atoms with Crippen molar-refractivity contribution in [1.29, 1.82) is 0 Å². The zero-order valence-corrected chi connectivity index (χ0v) is 11.3. The van der Waals surface area contributed by atoms with E-state index in [1.54, 1.807) is 12.5 Å². The van der Waals surface area contributed by atoms with Gasteiger partial charge in [0.2, 0.25) is 0 Å². The van der Waals surface area contributed by atoms with Gasteiger partial charge in [-0.3, -0.25) is 0 Å². The number of rotatable bonds is 3. The van der Waals surface area contributed by atoms with E-state index in [1.165, 1.54) is 30.1 Å². The summed E-state index contributed by atoms with van der Waals surface area (Å²) in [4.78, 5) is 23.7. The summed E-state index contributed by atoms with van der Waals surface area (Å²) in [5.41, 5.74) is 1.95. The van der Waals surface area contributed by atoms with Crippen molar-refractivity contribution in [3.8, 4) is 0 Å². The maximum Gasteiger partial charge on any atom is 0.335 e. The normalized spacial score (nSPS) is 10.8. The Morgan fingerprint density at radius 2 is 2.05 bits per heavy atom. The van der Waals surface area contributed by atoms with E-state index in [0.717, 1.165) is 11.0 Å². The van der Waals surface area contributed by atoms with Crippen molar-refractivity contribution >= 4 is 28.8 Å². The number of nitrogens with zero attached hydrogens (tertiary/aromatic N) is 4. The van der Waals surface area contributed by atoms with Crippen LogP contribution in [0.25, 0.3) is 11.0 Å². The van der Waals surface area contributed by atoms with Gasteiger partial charge in [-0.05, 0) is 30.0 Å². The monoisotopic (exact) mass is 286 g/mol. The molecule has 3 rings (SSSR count). The number of imidazole rings is 1. The highest BCUT2D eigenvalue weighted by molar-refractivity contribution is 7.99. The van der Waals surface area contributed by atoms with Gasteiger partial charge < -0.3 is 9.67 Å². The predicted molar refractivity (Wildman–Crippen MR) is 73.8 cm³/mol. The number of aryl methyl sites for hydroxylation is 1. The molecule has 3 heterocycles. The number of hydrogen-bond donors (Lipinski definition) is 1. The minimum absolute atomic E-state index is 0.204. The molecule has 0 radical (unpaired) electrons. The summed E-state index contributed by atoms with van der Waals surface area (Å²) < 4.78 is 1.90. The molecule has 100 valence electrons. The van der Waals surface area contributed by atoms with Crippen molar-refractivity contribution in [2.24, 2.45) is 7.05 Å². The number of aromatic nitrogens is 4. The highest BCUT2D eigenvalue weighted by Crippen LogP contribution is 2.29. The molecule has 0 spiro atoms. The molecule has 0 saturated carbocycles. The van der Waals surface area contributed by atoms with E-state index in [0.29, 0.717) is 10.1 Å². The van der Waals surface area contributed by atoms with Crippen LogP contribution in [0.3, 0.4) is 0 Å². The van der Waals surface area contributed by atoms with Gasteiger partial charge >= 0.3 is 5.97 Å². The number of pyridine rings is 2. The van der Waals surface area contributed by atoms with E-state index in [1.807, 2.05) is 17.7 Å². The minimum atomic E-state index is -0.974. The van der Waals surface area contributed by atoms with E-state index in [4.69, 9.17) is 5.11 Å². The van der Waals surface area contributed by atoms with Gasteiger partial charge in [-0.15, -0.1) is 0 Å². The smallest absolute Gasteiger partial charge is 0.335 e. The summed E-state index contributed by atoms with van der Waals surface area (Å²) in [6.45, 7) is 0. The molecular formula is C13H10N4O2S. The molecule has 0 bridgehead atoms. The molecule has 1 N–H and O–H groups in total. The second-order valence-corrected chi connectivity index (χ2v) is 5.14. The van der Waals surface area contributed by atoms with E-state index in [-0.39, 0.29) is 5.56 Å². The predicted octanol–water partition coefficient (Wildman–Crippen LogP) is 2.21. The first-order chi connectivity index (χ1) is 9.65. The fourth-order valence-corrected chi connectivity index (χ4v) is 2.67. The van der Waals surface area contributed by atoms with Gasteiger partial charge in [0.05, 0.1) is 17.4 Å². The number of carboxylic acids is 1. The fourth-order valence-electron chi connectivity index (χ4n) is 1.81. The van der Waals surface area contributed by atoms with Crippen LogP contribution in [-0.2, 0) is 7.05 Å². The first-order valence-corrected chi connectivity index (χ1v) is 6.60. The molecule has 0 aliphatic carbocycles. The lowest BCUT2D eigenvalue weighted by Gasteiger charge is -2.02. The molecule has 20 heavy (non-hydrogen) atoms. The first kappa shape index (κ1) is 12.6. The van der Waals surface area contributed by atoms with Crippen LogP contribution < -0.4 is 0 Å². The quantitative estimate of drug-likeness (QED) is 0.795. The Hall–Kier alpha value is -2.41. The molecule has 0 aromatic carbocycles. The van der Waals surface area contributed by atoms with Crippen molar-refractivity contribution in [3.63, 3.8) is 0 Å². The second kappa shape index (κ2) is 4.93. The molecule has 3 aromatic heterocycles. The van der Waals surface area contributed by atoms with Crippen LogP contribution in [0.1, 0.15) is 10.4 Å². The maximum atomic E-state index is 11.0. The highest BCUT2D eigenvalue weighted by atomic mass is 32.2. The Labute approximate surface area is 118 Å². The number of aromatic carboxylic acids is 1. The summed E-state index contributed by atoms with van der Waals surface area (Å²) in [6, 6.07) is 4.87. The van der Waals surface area contributed by atoms with Crippen molar-refractivity contribution in [2.75, 3.05) is 0 Å². The van der Waals surface area contributed by atoms with Crippen molar-refractivity contribution < 1.29 is 9.90 Å². The topological polar surface area (TPSA) is 80.9 Å². The van der Waals surface area contributed by atoms with E-state index in [9.17, 15) is 4.79 Å². The van der Waals surface area contributed by atoms with Crippen molar-refractivity contribution in [3.05, 3.63) is 42.5 Å². The average molecular weight is 286 g/mol. The van der Waals surface area contributed by atoms with Gasteiger partial charge in [0.25, 0.3) is 0 Å². The van der Waals surface area contributed by atoms with Crippen LogP contribution >= 0.6 is 11.8 Å². The Morgan fingerprint density at radius 1 is 1.25 bits per heavy atom. The molecule has 3 aromatic rings.